The van der Waals surface area contributed by atoms with Gasteiger partial charge in [0, 0.05) is 17.8 Å². The van der Waals surface area contributed by atoms with Crippen LogP contribution in [0.3, 0.4) is 0 Å². The molecule has 8 nitrogen and oxygen atoms in total. The first-order valence-corrected chi connectivity index (χ1v) is 9.83. The lowest BCUT2D eigenvalue weighted by Crippen LogP contribution is -2.16. The number of rotatable bonds is 6. The Kier molecular flexibility index (Phi) is 6.19. The number of anilines is 1. The summed E-state index contributed by atoms with van der Waals surface area (Å²) in [7, 11) is 4.75. The Hall–Kier alpha value is -3.55. The highest BCUT2D eigenvalue weighted by Gasteiger charge is 2.21. The van der Waals surface area contributed by atoms with Crippen molar-refractivity contribution >= 4 is 11.6 Å². The quantitative estimate of drug-likeness (QED) is 0.640. The van der Waals surface area contributed by atoms with Gasteiger partial charge in [-0.15, -0.1) is 5.10 Å². The third kappa shape index (κ3) is 4.63. The molecule has 0 aliphatic rings. The lowest BCUT2D eigenvalue weighted by Gasteiger charge is -2.21. The lowest BCUT2D eigenvalue weighted by molar-refractivity contribution is 0.102. The summed E-state index contributed by atoms with van der Waals surface area (Å²) < 4.78 is 17.7. The number of hydrogen-bond acceptors (Lipinski definition) is 6. The van der Waals surface area contributed by atoms with Gasteiger partial charge in [0.15, 0.2) is 5.69 Å². The van der Waals surface area contributed by atoms with Gasteiger partial charge in [-0.2, -0.15) is 0 Å². The second-order valence-electron chi connectivity index (χ2n) is 8.13. The minimum atomic E-state index is -0.362. The Morgan fingerprint density at radius 3 is 2.29 bits per heavy atom. The van der Waals surface area contributed by atoms with E-state index in [0.29, 0.717) is 34.3 Å². The van der Waals surface area contributed by atoms with Crippen molar-refractivity contribution in [2.45, 2.75) is 33.1 Å². The molecular weight excluding hydrogens is 396 g/mol. The zero-order chi connectivity index (χ0) is 22.8. The smallest absolute Gasteiger partial charge is 0.278 e. The molecule has 1 aromatic heterocycles. The predicted molar refractivity (Wildman–Crippen MR) is 119 cm³/mol. The van der Waals surface area contributed by atoms with Crippen LogP contribution in [0.25, 0.3) is 5.69 Å². The number of amides is 1. The molecular formula is C23H28N4O4. The molecule has 0 fully saturated rings. The first-order chi connectivity index (χ1) is 14.7. The van der Waals surface area contributed by atoms with E-state index in [-0.39, 0.29) is 17.0 Å². The number of carbonyl (C=O) groups excluding carboxylic acids is 1. The molecule has 1 heterocycles. The van der Waals surface area contributed by atoms with Crippen LogP contribution >= 0.6 is 0 Å². The maximum Gasteiger partial charge on any atom is 0.278 e. The molecule has 3 rings (SSSR count). The topological polar surface area (TPSA) is 87.5 Å². The molecule has 1 amide bonds. The van der Waals surface area contributed by atoms with E-state index in [2.05, 4.69) is 36.4 Å². The van der Waals surface area contributed by atoms with E-state index in [1.54, 1.807) is 57.2 Å². The number of aromatic nitrogens is 3. The number of nitrogens with one attached hydrogen (secondary N) is 1. The molecule has 0 saturated carbocycles. The highest BCUT2D eigenvalue weighted by Crippen LogP contribution is 2.31. The summed E-state index contributed by atoms with van der Waals surface area (Å²) in [5, 5.41) is 11.2. The van der Waals surface area contributed by atoms with Crippen LogP contribution in [0, 0.1) is 6.92 Å². The summed E-state index contributed by atoms with van der Waals surface area (Å²) in [4.78, 5) is 13.0. The van der Waals surface area contributed by atoms with Crippen molar-refractivity contribution < 1.29 is 19.0 Å². The molecule has 0 saturated heterocycles. The molecule has 0 atom stereocenters. The average Bonchev–Trinajstić information content (AvgIpc) is 3.13. The fourth-order valence-corrected chi connectivity index (χ4v) is 3.14. The predicted octanol–water partition coefficient (Wildman–Crippen LogP) is 4.15. The summed E-state index contributed by atoms with van der Waals surface area (Å²) >= 11 is 0. The molecule has 8 heteroatoms. The van der Waals surface area contributed by atoms with E-state index < -0.39 is 0 Å². The van der Waals surface area contributed by atoms with Gasteiger partial charge in [-0.3, -0.25) is 4.79 Å². The number of nitrogens with zero attached hydrogens (tertiary/aromatic N) is 3. The molecule has 1 N–H and O–H groups in total. The zero-order valence-electron chi connectivity index (χ0n) is 18.9. The fourth-order valence-electron chi connectivity index (χ4n) is 3.14. The van der Waals surface area contributed by atoms with Crippen molar-refractivity contribution in [1.82, 2.24) is 15.0 Å². The van der Waals surface area contributed by atoms with Crippen LogP contribution < -0.4 is 19.5 Å². The van der Waals surface area contributed by atoms with Gasteiger partial charge < -0.3 is 19.5 Å². The molecule has 164 valence electrons. The van der Waals surface area contributed by atoms with Crippen LogP contribution in [0.4, 0.5) is 5.69 Å². The largest absolute Gasteiger partial charge is 0.497 e. The van der Waals surface area contributed by atoms with Crippen molar-refractivity contribution in [3.63, 3.8) is 0 Å². The minimum Gasteiger partial charge on any atom is -0.497 e. The van der Waals surface area contributed by atoms with Crippen LogP contribution in [0.1, 0.15) is 42.5 Å². The van der Waals surface area contributed by atoms with Gasteiger partial charge >= 0.3 is 0 Å². The van der Waals surface area contributed by atoms with E-state index >= 15 is 0 Å². The van der Waals surface area contributed by atoms with E-state index in [1.807, 2.05) is 12.1 Å². The second kappa shape index (κ2) is 8.67. The maximum absolute atomic E-state index is 13.0. The van der Waals surface area contributed by atoms with Crippen LogP contribution in [0.2, 0.25) is 0 Å². The van der Waals surface area contributed by atoms with Gasteiger partial charge in [-0.1, -0.05) is 26.0 Å². The van der Waals surface area contributed by atoms with Gasteiger partial charge in [0.25, 0.3) is 5.91 Å². The first-order valence-electron chi connectivity index (χ1n) is 9.83. The maximum atomic E-state index is 13.0. The molecule has 0 aliphatic carbocycles. The Balaban J connectivity index is 1.95. The molecule has 31 heavy (non-hydrogen) atoms. The normalized spacial score (nSPS) is 11.2. The average molecular weight is 425 g/mol. The summed E-state index contributed by atoms with van der Waals surface area (Å²) in [6.07, 6.45) is 0. The van der Waals surface area contributed by atoms with Crippen molar-refractivity contribution in [1.29, 1.82) is 0 Å². The van der Waals surface area contributed by atoms with Crippen LogP contribution in [0.15, 0.2) is 36.4 Å². The summed E-state index contributed by atoms with van der Waals surface area (Å²) in [6, 6.07) is 11.0. The fraction of sp³-hybridized carbons (Fsp3) is 0.348. The Labute approximate surface area is 182 Å². The molecule has 0 bridgehead atoms. The van der Waals surface area contributed by atoms with Gasteiger partial charge in [0.1, 0.15) is 22.9 Å². The zero-order valence-corrected chi connectivity index (χ0v) is 18.9. The number of hydrogen-bond donors (Lipinski definition) is 1. The summed E-state index contributed by atoms with van der Waals surface area (Å²) in [6.45, 7) is 8.08. The van der Waals surface area contributed by atoms with Gasteiger partial charge in [-0.25, -0.2) is 4.68 Å². The summed E-state index contributed by atoms with van der Waals surface area (Å²) in [5.74, 6) is 1.54. The third-order valence-electron chi connectivity index (χ3n) is 4.99. The number of ether oxygens (including phenoxy) is 3. The van der Waals surface area contributed by atoms with Gasteiger partial charge in [-0.05, 0) is 42.2 Å². The van der Waals surface area contributed by atoms with E-state index in [9.17, 15) is 4.79 Å². The van der Waals surface area contributed by atoms with E-state index in [0.717, 1.165) is 5.56 Å². The van der Waals surface area contributed by atoms with Crippen molar-refractivity contribution in [3.05, 3.63) is 53.3 Å². The molecule has 0 aliphatic heterocycles. The van der Waals surface area contributed by atoms with E-state index in [1.165, 1.54) is 0 Å². The van der Waals surface area contributed by atoms with Crippen molar-refractivity contribution in [2.75, 3.05) is 26.6 Å². The Bertz CT molecular complexity index is 1100. The lowest BCUT2D eigenvalue weighted by atomic mass is 9.86. The Morgan fingerprint density at radius 1 is 0.968 bits per heavy atom. The van der Waals surface area contributed by atoms with E-state index in [4.69, 9.17) is 14.2 Å². The molecule has 0 unspecified atom stereocenters. The highest BCUT2D eigenvalue weighted by molar-refractivity contribution is 6.03. The van der Waals surface area contributed by atoms with Gasteiger partial charge in [0.05, 0.1) is 27.0 Å². The van der Waals surface area contributed by atoms with Crippen molar-refractivity contribution in [3.8, 4) is 22.9 Å². The standard InChI is InChI=1S/C23H28N4O4/c1-14-21(25-26-27(14)19-13-17(29-5)8-9-20(19)31-7)22(28)24-16-10-15(23(2,3)4)11-18(12-16)30-6/h8-13H,1-7H3,(H,24,28). The SMILES string of the molecule is COc1cc(NC(=O)c2nnn(-c3cc(OC)ccc3OC)c2C)cc(C(C)(C)C)c1. The van der Waals surface area contributed by atoms with Crippen molar-refractivity contribution in [2.24, 2.45) is 0 Å². The number of benzene rings is 2. The summed E-state index contributed by atoms with van der Waals surface area (Å²) in [5.41, 5.74) is 2.98. The van der Waals surface area contributed by atoms with Crippen LogP contribution in [-0.4, -0.2) is 42.2 Å². The third-order valence-corrected chi connectivity index (χ3v) is 4.99. The Morgan fingerprint density at radius 2 is 1.68 bits per heavy atom. The van der Waals surface area contributed by atoms with Gasteiger partial charge in [0.2, 0.25) is 0 Å². The second-order valence-corrected chi connectivity index (χ2v) is 8.13. The highest BCUT2D eigenvalue weighted by atomic mass is 16.5. The number of methoxy groups -OCH3 is 3. The van der Waals surface area contributed by atoms with Crippen LogP contribution in [0.5, 0.6) is 17.2 Å². The molecule has 2 aromatic carbocycles. The molecule has 0 spiro atoms. The molecule has 3 aromatic rings. The first kappa shape index (κ1) is 22.1. The van der Waals surface area contributed by atoms with Crippen LogP contribution in [-0.2, 0) is 5.41 Å². The monoisotopic (exact) mass is 424 g/mol. The number of carbonyl (C=O) groups is 1. The molecule has 0 radical (unpaired) electrons. The minimum absolute atomic E-state index is 0.101.